The summed E-state index contributed by atoms with van der Waals surface area (Å²) < 4.78 is 0. The van der Waals surface area contributed by atoms with Crippen molar-refractivity contribution in [1.82, 2.24) is 0 Å². The van der Waals surface area contributed by atoms with Crippen LogP contribution < -0.4 is 0 Å². The van der Waals surface area contributed by atoms with Crippen molar-refractivity contribution in [2.75, 3.05) is 0 Å². The third-order valence-corrected chi connectivity index (χ3v) is 19.8. The van der Waals surface area contributed by atoms with Crippen LogP contribution in [0.1, 0.15) is 90.5 Å². The Bertz CT molecular complexity index is 1230. The van der Waals surface area contributed by atoms with E-state index in [0.717, 1.165) is 45.3 Å². The van der Waals surface area contributed by atoms with Gasteiger partial charge in [0, 0.05) is 10.5 Å². The minimum atomic E-state index is -1.57. The summed E-state index contributed by atoms with van der Waals surface area (Å²) in [7, 11) is -1.57. The van der Waals surface area contributed by atoms with Crippen LogP contribution in [0.15, 0.2) is 59.3 Å². The molecule has 8 unspecified atom stereocenters. The Kier molecular flexibility index (Phi) is 7.64. The van der Waals surface area contributed by atoms with Gasteiger partial charge in [-0.05, 0) is 103 Å². The summed E-state index contributed by atoms with van der Waals surface area (Å²) in [6.07, 6.45) is 2.75. The Morgan fingerprint density at radius 1 is 0.585 bits per heavy atom. The van der Waals surface area contributed by atoms with Gasteiger partial charge in [0.25, 0.3) is 0 Å². The second kappa shape index (κ2) is 10.5. The first-order valence-electron chi connectivity index (χ1n) is 16.1. The second-order valence-electron chi connectivity index (χ2n) is 16.5. The smallest absolute Gasteiger partial charge is 0.0564 e. The van der Waals surface area contributed by atoms with Crippen LogP contribution in [0.2, 0.25) is 24.2 Å². The standard InChI is InChI=1S/C38H52S2Si/c1-23-19-29-31(25-11-15-27(16-12-25)37(3,4)5)21-39-33(29)35(23)41(9,10)36-24(2)20-30-32(22-40-34(30)36)26-13-17-28(18-14-26)38(6,7)8/h11-18,21-24,29-30,33-36H,19-20H2,1-10H3. The molecular weight excluding hydrogens is 549 g/mol. The summed E-state index contributed by atoms with van der Waals surface area (Å²) >= 11 is 4.41. The summed E-state index contributed by atoms with van der Waals surface area (Å²) in [6.45, 7) is 24.7. The summed E-state index contributed by atoms with van der Waals surface area (Å²) in [6, 6.07) is 19.2. The number of allylic oxidation sites excluding steroid dienone is 2. The number of thioether (sulfide) groups is 2. The van der Waals surface area contributed by atoms with Gasteiger partial charge in [0.1, 0.15) is 0 Å². The Hall–Kier alpha value is -1.16. The lowest BCUT2D eigenvalue weighted by atomic mass is 9.85. The van der Waals surface area contributed by atoms with Crippen LogP contribution in [-0.4, -0.2) is 18.6 Å². The fourth-order valence-corrected chi connectivity index (χ4v) is 20.8. The molecule has 2 aromatic carbocycles. The lowest BCUT2D eigenvalue weighted by Gasteiger charge is -2.44. The van der Waals surface area contributed by atoms with Gasteiger partial charge in [0.2, 0.25) is 0 Å². The molecule has 2 aliphatic carbocycles. The predicted molar refractivity (Wildman–Crippen MR) is 189 cm³/mol. The normalized spacial score (nSPS) is 33.5. The van der Waals surface area contributed by atoms with E-state index in [4.69, 9.17) is 0 Å². The Morgan fingerprint density at radius 3 is 1.24 bits per heavy atom. The average Bonchev–Trinajstić information content (AvgIpc) is 3.62. The lowest BCUT2D eigenvalue weighted by Crippen LogP contribution is -2.47. The van der Waals surface area contributed by atoms with E-state index >= 15 is 0 Å². The minimum absolute atomic E-state index is 0.209. The van der Waals surface area contributed by atoms with Gasteiger partial charge in [-0.2, -0.15) is 0 Å². The molecule has 2 aromatic rings. The fraction of sp³-hybridized carbons (Fsp3) is 0.579. The molecule has 220 valence electrons. The molecule has 2 heterocycles. The molecule has 0 spiro atoms. The SMILES string of the molecule is CC1CC2C(c3ccc(C(C)(C)C)cc3)=CSC2C1[Si](C)(C)C1C(C)CC2C(c3ccc(C(C)(C)C)cc3)=CSC21. The highest BCUT2D eigenvalue weighted by Crippen LogP contribution is 2.67. The molecule has 41 heavy (non-hydrogen) atoms. The van der Waals surface area contributed by atoms with Gasteiger partial charge in [-0.15, -0.1) is 23.5 Å². The molecule has 6 rings (SSSR count). The Labute approximate surface area is 260 Å². The molecule has 0 bridgehead atoms. The van der Waals surface area contributed by atoms with Gasteiger partial charge in [-0.3, -0.25) is 0 Å². The molecular formula is C38H52S2Si. The highest BCUT2D eigenvalue weighted by Gasteiger charge is 2.60. The van der Waals surface area contributed by atoms with Crippen molar-refractivity contribution in [3.63, 3.8) is 0 Å². The van der Waals surface area contributed by atoms with Gasteiger partial charge in [-0.1, -0.05) is 117 Å². The van der Waals surface area contributed by atoms with E-state index in [9.17, 15) is 0 Å². The third-order valence-electron chi connectivity index (χ3n) is 11.4. The molecule has 0 amide bonds. The third kappa shape index (κ3) is 5.18. The van der Waals surface area contributed by atoms with Crippen molar-refractivity contribution in [3.05, 3.63) is 81.6 Å². The van der Waals surface area contributed by atoms with E-state index in [1.807, 2.05) is 0 Å². The molecule has 8 atom stereocenters. The van der Waals surface area contributed by atoms with E-state index in [-0.39, 0.29) is 10.8 Å². The minimum Gasteiger partial charge on any atom is -0.130 e. The number of benzene rings is 2. The fourth-order valence-electron chi connectivity index (χ4n) is 9.38. The van der Waals surface area contributed by atoms with E-state index in [2.05, 4.69) is 151 Å². The van der Waals surface area contributed by atoms with E-state index in [0.29, 0.717) is 0 Å². The molecule has 0 aromatic heterocycles. The molecule has 2 aliphatic heterocycles. The molecule has 2 saturated carbocycles. The van der Waals surface area contributed by atoms with Gasteiger partial charge in [-0.25, -0.2) is 0 Å². The van der Waals surface area contributed by atoms with E-state index in [1.54, 1.807) is 11.1 Å². The van der Waals surface area contributed by atoms with Crippen LogP contribution in [0.3, 0.4) is 0 Å². The molecule has 0 saturated heterocycles. The van der Waals surface area contributed by atoms with Crippen molar-refractivity contribution in [1.29, 1.82) is 0 Å². The van der Waals surface area contributed by atoms with Gasteiger partial charge in [0.15, 0.2) is 0 Å². The molecule has 4 aliphatic rings. The van der Waals surface area contributed by atoms with Crippen LogP contribution in [-0.2, 0) is 10.8 Å². The highest BCUT2D eigenvalue weighted by molar-refractivity contribution is 8.03. The molecule has 2 fully saturated rings. The van der Waals surface area contributed by atoms with Crippen molar-refractivity contribution < 1.29 is 0 Å². The monoisotopic (exact) mass is 600 g/mol. The molecule has 0 nitrogen and oxygen atoms in total. The van der Waals surface area contributed by atoms with Crippen LogP contribution in [0, 0.1) is 23.7 Å². The van der Waals surface area contributed by atoms with Crippen LogP contribution in [0.4, 0.5) is 0 Å². The summed E-state index contributed by atoms with van der Waals surface area (Å²) in [5.74, 6) is 3.11. The van der Waals surface area contributed by atoms with Gasteiger partial charge < -0.3 is 0 Å². The summed E-state index contributed by atoms with van der Waals surface area (Å²) in [5.41, 5.74) is 11.3. The van der Waals surface area contributed by atoms with Crippen LogP contribution >= 0.6 is 23.5 Å². The number of hydrogen-bond acceptors (Lipinski definition) is 2. The predicted octanol–water partition coefficient (Wildman–Crippen LogP) is 11.7. The topological polar surface area (TPSA) is 0 Å². The summed E-state index contributed by atoms with van der Waals surface area (Å²) in [5, 5.41) is 6.69. The quantitative estimate of drug-likeness (QED) is 0.320. The molecule has 0 radical (unpaired) electrons. The van der Waals surface area contributed by atoms with E-state index < -0.39 is 8.07 Å². The second-order valence-corrected chi connectivity index (χ2v) is 23.6. The van der Waals surface area contributed by atoms with Crippen molar-refractivity contribution in [2.24, 2.45) is 23.7 Å². The van der Waals surface area contributed by atoms with Crippen molar-refractivity contribution in [3.8, 4) is 0 Å². The van der Waals surface area contributed by atoms with Gasteiger partial charge in [0.05, 0.1) is 8.07 Å². The number of rotatable bonds is 4. The zero-order valence-electron chi connectivity index (χ0n) is 27.1. The van der Waals surface area contributed by atoms with Gasteiger partial charge >= 0.3 is 0 Å². The van der Waals surface area contributed by atoms with E-state index in [1.165, 1.54) is 35.1 Å². The number of fused-ring (bicyclic) bond motifs is 2. The first-order chi connectivity index (χ1) is 19.2. The largest absolute Gasteiger partial charge is 0.130 e. The lowest BCUT2D eigenvalue weighted by molar-refractivity contribution is 0.546. The maximum atomic E-state index is 2.80. The van der Waals surface area contributed by atoms with Crippen LogP contribution in [0.5, 0.6) is 0 Å². The number of hydrogen-bond donors (Lipinski definition) is 0. The maximum Gasteiger partial charge on any atom is 0.0564 e. The summed E-state index contributed by atoms with van der Waals surface area (Å²) in [4.78, 5) is 0. The maximum absolute atomic E-state index is 2.80. The Morgan fingerprint density at radius 2 is 0.927 bits per heavy atom. The first-order valence-corrected chi connectivity index (χ1v) is 21.1. The highest BCUT2D eigenvalue weighted by atomic mass is 32.2. The van der Waals surface area contributed by atoms with Crippen molar-refractivity contribution >= 4 is 42.7 Å². The van der Waals surface area contributed by atoms with Crippen LogP contribution in [0.25, 0.3) is 11.1 Å². The molecule has 3 heteroatoms. The van der Waals surface area contributed by atoms with Crippen molar-refractivity contribution in [2.45, 2.75) is 114 Å². The average molecular weight is 601 g/mol. The molecule has 0 N–H and O–H groups in total. The Balaban J connectivity index is 1.21. The zero-order valence-corrected chi connectivity index (χ0v) is 29.8. The zero-order chi connectivity index (χ0) is 29.5. The first kappa shape index (κ1) is 29.9.